The molecule has 7 heteroatoms. The second kappa shape index (κ2) is 8.31. The van der Waals surface area contributed by atoms with E-state index in [2.05, 4.69) is 31.1 Å². The normalized spacial score (nSPS) is 17.2. The minimum atomic E-state index is -0.189. The van der Waals surface area contributed by atoms with Gasteiger partial charge in [-0.25, -0.2) is 0 Å². The summed E-state index contributed by atoms with van der Waals surface area (Å²) in [5.74, 6) is 0.433. The lowest BCUT2D eigenvalue weighted by Crippen LogP contribution is -2.36. The summed E-state index contributed by atoms with van der Waals surface area (Å²) in [7, 11) is 0. The fourth-order valence-corrected chi connectivity index (χ4v) is 3.84. The van der Waals surface area contributed by atoms with Gasteiger partial charge in [-0.05, 0) is 65.5 Å². The van der Waals surface area contributed by atoms with E-state index in [0.29, 0.717) is 11.5 Å². The highest BCUT2D eigenvalue weighted by Crippen LogP contribution is 2.31. The summed E-state index contributed by atoms with van der Waals surface area (Å²) in [6.45, 7) is 3.40. The second-order valence-electron chi connectivity index (χ2n) is 7.33. The van der Waals surface area contributed by atoms with Crippen LogP contribution in [0.3, 0.4) is 0 Å². The number of pyridine rings is 1. The van der Waals surface area contributed by atoms with Gasteiger partial charge in [0.25, 0.3) is 5.91 Å². The van der Waals surface area contributed by atoms with Gasteiger partial charge >= 0.3 is 0 Å². The van der Waals surface area contributed by atoms with Crippen LogP contribution in [0.1, 0.15) is 29.6 Å². The molecule has 0 bridgehead atoms. The van der Waals surface area contributed by atoms with E-state index in [4.69, 9.17) is 0 Å². The molecule has 4 rings (SSSR count). The van der Waals surface area contributed by atoms with Crippen LogP contribution in [0.25, 0.3) is 0 Å². The first-order valence-corrected chi connectivity index (χ1v) is 10.4. The van der Waals surface area contributed by atoms with Crippen LogP contribution in [0, 0.1) is 5.92 Å². The van der Waals surface area contributed by atoms with Gasteiger partial charge in [0.2, 0.25) is 5.91 Å². The molecule has 28 heavy (non-hydrogen) atoms. The molecule has 1 aromatic carbocycles. The predicted octanol–water partition coefficient (Wildman–Crippen LogP) is 3.55. The Balaban J connectivity index is 1.36. The van der Waals surface area contributed by atoms with Crippen molar-refractivity contribution in [3.63, 3.8) is 0 Å². The molecule has 2 aromatic rings. The van der Waals surface area contributed by atoms with E-state index in [1.165, 1.54) is 0 Å². The van der Waals surface area contributed by atoms with Crippen LogP contribution in [-0.4, -0.2) is 47.9 Å². The number of hydrogen-bond donors (Lipinski definition) is 1. The average molecular weight is 443 g/mol. The average Bonchev–Trinajstić information content (AvgIpc) is 3.55. The molecule has 0 atom stereocenters. The predicted molar refractivity (Wildman–Crippen MR) is 112 cm³/mol. The number of anilines is 2. The standard InChI is InChI=1S/C21H23BrN4O2/c22-17-12-16(13-23-14-17)20(27)24-18-4-6-19(7-5-18)25-8-1-9-26(11-10-25)21(28)15-2-3-15/h4-7,12-15H,1-3,8-11H2,(H,24,27). The van der Waals surface area contributed by atoms with Crippen LogP contribution >= 0.6 is 15.9 Å². The number of nitrogens with zero attached hydrogens (tertiary/aromatic N) is 3. The van der Waals surface area contributed by atoms with E-state index < -0.39 is 0 Å². The van der Waals surface area contributed by atoms with Gasteiger partial charge in [0, 0.05) is 60.3 Å². The molecule has 1 N–H and O–H groups in total. The molecule has 1 saturated heterocycles. The highest BCUT2D eigenvalue weighted by atomic mass is 79.9. The third-order valence-corrected chi connectivity index (χ3v) is 5.63. The summed E-state index contributed by atoms with van der Waals surface area (Å²) in [6, 6.07) is 9.61. The van der Waals surface area contributed by atoms with Crippen molar-refractivity contribution in [1.82, 2.24) is 9.88 Å². The Bertz CT molecular complexity index is 867. The van der Waals surface area contributed by atoms with Crippen molar-refractivity contribution in [1.29, 1.82) is 0 Å². The van der Waals surface area contributed by atoms with Crippen LogP contribution in [0.4, 0.5) is 11.4 Å². The Morgan fingerprint density at radius 3 is 2.54 bits per heavy atom. The molecule has 1 aliphatic heterocycles. The zero-order chi connectivity index (χ0) is 19.5. The molecule has 2 fully saturated rings. The maximum Gasteiger partial charge on any atom is 0.257 e. The molecule has 0 unspecified atom stereocenters. The summed E-state index contributed by atoms with van der Waals surface area (Å²) >= 11 is 3.33. The molecular formula is C21H23BrN4O2. The van der Waals surface area contributed by atoms with E-state index in [1.807, 2.05) is 29.2 Å². The number of carbonyl (C=O) groups excluding carboxylic acids is 2. The monoisotopic (exact) mass is 442 g/mol. The van der Waals surface area contributed by atoms with Crippen LogP contribution < -0.4 is 10.2 Å². The van der Waals surface area contributed by atoms with Gasteiger partial charge in [0.1, 0.15) is 0 Å². The molecule has 2 aliphatic rings. The number of nitrogens with one attached hydrogen (secondary N) is 1. The largest absolute Gasteiger partial charge is 0.370 e. The highest BCUT2D eigenvalue weighted by Gasteiger charge is 2.33. The first kappa shape index (κ1) is 18.9. The lowest BCUT2D eigenvalue weighted by Gasteiger charge is -2.24. The van der Waals surface area contributed by atoms with Gasteiger partial charge in [-0.1, -0.05) is 0 Å². The summed E-state index contributed by atoms with van der Waals surface area (Å²) in [6.07, 6.45) is 6.28. The van der Waals surface area contributed by atoms with E-state index in [9.17, 15) is 9.59 Å². The van der Waals surface area contributed by atoms with E-state index in [0.717, 1.165) is 61.3 Å². The number of amides is 2. The maximum atomic E-state index is 12.3. The van der Waals surface area contributed by atoms with Crippen LogP contribution in [0.2, 0.25) is 0 Å². The Labute approximate surface area is 173 Å². The fourth-order valence-electron chi connectivity index (χ4n) is 3.48. The quantitative estimate of drug-likeness (QED) is 0.785. The number of hydrogen-bond acceptors (Lipinski definition) is 4. The third-order valence-electron chi connectivity index (χ3n) is 5.19. The summed E-state index contributed by atoms with van der Waals surface area (Å²) in [4.78, 5) is 33.0. The van der Waals surface area contributed by atoms with Crippen molar-refractivity contribution in [3.05, 3.63) is 52.8 Å². The van der Waals surface area contributed by atoms with Gasteiger partial charge in [0.05, 0.1) is 5.56 Å². The maximum absolute atomic E-state index is 12.3. The smallest absolute Gasteiger partial charge is 0.257 e. The first-order valence-electron chi connectivity index (χ1n) is 9.66. The molecule has 1 aliphatic carbocycles. The minimum absolute atomic E-state index is 0.189. The Morgan fingerprint density at radius 1 is 1.04 bits per heavy atom. The Morgan fingerprint density at radius 2 is 1.82 bits per heavy atom. The zero-order valence-corrected chi connectivity index (χ0v) is 17.2. The van der Waals surface area contributed by atoms with Gasteiger partial charge in [0.15, 0.2) is 0 Å². The molecule has 2 heterocycles. The van der Waals surface area contributed by atoms with Gasteiger partial charge in [-0.15, -0.1) is 0 Å². The summed E-state index contributed by atoms with van der Waals surface area (Å²) < 4.78 is 0.769. The number of rotatable bonds is 4. The number of benzene rings is 1. The molecular weight excluding hydrogens is 420 g/mol. The molecule has 1 aromatic heterocycles. The van der Waals surface area contributed by atoms with E-state index in [1.54, 1.807) is 18.5 Å². The van der Waals surface area contributed by atoms with Crippen LogP contribution in [0.15, 0.2) is 47.2 Å². The van der Waals surface area contributed by atoms with Gasteiger partial charge < -0.3 is 15.1 Å². The molecule has 6 nitrogen and oxygen atoms in total. The Hall–Kier alpha value is -2.41. The number of carbonyl (C=O) groups is 2. The van der Waals surface area contributed by atoms with Crippen LogP contribution in [0.5, 0.6) is 0 Å². The Kier molecular flexibility index (Phi) is 5.62. The molecule has 1 saturated carbocycles. The van der Waals surface area contributed by atoms with Gasteiger partial charge in [-0.2, -0.15) is 0 Å². The first-order chi connectivity index (χ1) is 13.6. The summed E-state index contributed by atoms with van der Waals surface area (Å²) in [5, 5.41) is 2.90. The van der Waals surface area contributed by atoms with Gasteiger partial charge in [-0.3, -0.25) is 14.6 Å². The van der Waals surface area contributed by atoms with Crippen LogP contribution in [-0.2, 0) is 4.79 Å². The fraction of sp³-hybridized carbons (Fsp3) is 0.381. The van der Waals surface area contributed by atoms with Crippen molar-refractivity contribution in [3.8, 4) is 0 Å². The lowest BCUT2D eigenvalue weighted by molar-refractivity contribution is -0.132. The van der Waals surface area contributed by atoms with Crippen molar-refractivity contribution < 1.29 is 9.59 Å². The number of halogens is 1. The third kappa shape index (κ3) is 4.52. The minimum Gasteiger partial charge on any atom is -0.370 e. The van der Waals surface area contributed by atoms with E-state index >= 15 is 0 Å². The topological polar surface area (TPSA) is 65.5 Å². The lowest BCUT2D eigenvalue weighted by atomic mass is 10.2. The molecule has 2 amide bonds. The van der Waals surface area contributed by atoms with Crippen molar-refractivity contribution >= 4 is 39.1 Å². The van der Waals surface area contributed by atoms with E-state index in [-0.39, 0.29) is 11.8 Å². The zero-order valence-electron chi connectivity index (χ0n) is 15.6. The molecule has 146 valence electrons. The molecule has 0 radical (unpaired) electrons. The van der Waals surface area contributed by atoms with Crippen molar-refractivity contribution in [2.24, 2.45) is 5.92 Å². The summed E-state index contributed by atoms with van der Waals surface area (Å²) in [5.41, 5.74) is 2.36. The molecule has 0 spiro atoms. The van der Waals surface area contributed by atoms with Crippen molar-refractivity contribution in [2.75, 3.05) is 36.4 Å². The van der Waals surface area contributed by atoms with Crippen molar-refractivity contribution in [2.45, 2.75) is 19.3 Å². The second-order valence-corrected chi connectivity index (χ2v) is 8.25. The SMILES string of the molecule is O=C(Nc1ccc(N2CCCN(C(=O)C3CC3)CC2)cc1)c1cncc(Br)c1. The number of aromatic nitrogens is 1. The highest BCUT2D eigenvalue weighted by molar-refractivity contribution is 9.10.